The maximum absolute atomic E-state index is 12.9. The standard InChI is InChI=1S/C21H20N4O7S/c1-22-16-9-7-13(25(28)29)11-15(16)21(27)23-18-12-14(8-10-19(18)26)33(30,31)24-17-5-3-4-6-20(17)32-2/h3-12,22,24,26H,1-2H3,(H,23,27). The highest BCUT2D eigenvalue weighted by molar-refractivity contribution is 7.92. The van der Waals surface area contributed by atoms with Crippen LogP contribution in [0.15, 0.2) is 65.6 Å². The molecule has 0 radical (unpaired) electrons. The van der Waals surface area contributed by atoms with E-state index in [-0.39, 0.29) is 27.5 Å². The van der Waals surface area contributed by atoms with Gasteiger partial charge in [0.1, 0.15) is 11.5 Å². The average molecular weight is 472 g/mol. The number of benzene rings is 3. The first-order valence-electron chi connectivity index (χ1n) is 9.42. The summed E-state index contributed by atoms with van der Waals surface area (Å²) in [4.78, 5) is 23.0. The molecule has 0 atom stereocenters. The second-order valence-corrected chi connectivity index (χ2v) is 8.36. The van der Waals surface area contributed by atoms with Gasteiger partial charge in [0.2, 0.25) is 0 Å². The number of rotatable bonds is 8. The van der Waals surface area contributed by atoms with Crippen molar-refractivity contribution in [2.75, 3.05) is 29.5 Å². The SMILES string of the molecule is CNc1ccc([N+](=O)[O-])cc1C(=O)Nc1cc(S(=O)(=O)Nc2ccccc2OC)ccc1O. The minimum Gasteiger partial charge on any atom is -0.506 e. The van der Waals surface area contributed by atoms with Gasteiger partial charge in [-0.3, -0.25) is 19.6 Å². The number of nitro groups is 1. The minimum atomic E-state index is -4.11. The summed E-state index contributed by atoms with van der Waals surface area (Å²) in [6, 6.07) is 13.4. The Labute approximate surface area is 189 Å². The number of hydrogen-bond donors (Lipinski definition) is 4. The molecule has 3 aromatic carbocycles. The average Bonchev–Trinajstić information content (AvgIpc) is 2.79. The molecule has 0 heterocycles. The smallest absolute Gasteiger partial charge is 0.270 e. The zero-order valence-corrected chi connectivity index (χ0v) is 18.3. The molecule has 0 unspecified atom stereocenters. The van der Waals surface area contributed by atoms with Crippen molar-refractivity contribution in [3.05, 3.63) is 76.3 Å². The number of ether oxygens (including phenoxy) is 1. The number of para-hydroxylation sites is 2. The highest BCUT2D eigenvalue weighted by Gasteiger charge is 2.21. The van der Waals surface area contributed by atoms with Crippen LogP contribution >= 0.6 is 0 Å². The molecule has 172 valence electrons. The van der Waals surface area contributed by atoms with E-state index < -0.39 is 26.6 Å². The Morgan fingerprint density at radius 3 is 2.42 bits per heavy atom. The number of hydrogen-bond acceptors (Lipinski definition) is 8. The molecule has 0 bridgehead atoms. The largest absolute Gasteiger partial charge is 0.506 e. The van der Waals surface area contributed by atoms with Crippen molar-refractivity contribution in [2.24, 2.45) is 0 Å². The lowest BCUT2D eigenvalue weighted by atomic mass is 10.1. The quantitative estimate of drug-likeness (QED) is 0.220. The zero-order chi connectivity index (χ0) is 24.2. The topological polar surface area (TPSA) is 160 Å². The van der Waals surface area contributed by atoms with E-state index in [4.69, 9.17) is 4.74 Å². The summed E-state index contributed by atoms with van der Waals surface area (Å²) < 4.78 is 33.3. The Hall–Kier alpha value is -4.32. The van der Waals surface area contributed by atoms with Gasteiger partial charge in [0, 0.05) is 24.9 Å². The number of amides is 1. The predicted molar refractivity (Wildman–Crippen MR) is 123 cm³/mol. The first-order chi connectivity index (χ1) is 15.7. The summed E-state index contributed by atoms with van der Waals surface area (Å²) in [6.45, 7) is 0. The molecule has 0 saturated heterocycles. The van der Waals surface area contributed by atoms with Crippen molar-refractivity contribution in [2.45, 2.75) is 4.90 Å². The molecule has 0 aliphatic heterocycles. The second-order valence-electron chi connectivity index (χ2n) is 6.68. The summed E-state index contributed by atoms with van der Waals surface area (Å²) in [7, 11) is -1.18. The van der Waals surface area contributed by atoms with Crippen LogP contribution in [0.25, 0.3) is 0 Å². The monoisotopic (exact) mass is 472 g/mol. The van der Waals surface area contributed by atoms with Crippen molar-refractivity contribution >= 4 is 38.7 Å². The lowest BCUT2D eigenvalue weighted by Crippen LogP contribution is -2.16. The third-order valence-corrected chi connectivity index (χ3v) is 5.97. The number of nitrogens with zero attached hydrogens (tertiary/aromatic N) is 1. The van der Waals surface area contributed by atoms with Crippen molar-refractivity contribution < 1.29 is 28.0 Å². The zero-order valence-electron chi connectivity index (χ0n) is 17.5. The Morgan fingerprint density at radius 2 is 1.76 bits per heavy atom. The maximum Gasteiger partial charge on any atom is 0.270 e. The molecule has 3 aromatic rings. The molecule has 0 aromatic heterocycles. The number of aromatic hydroxyl groups is 1. The fraction of sp³-hybridized carbons (Fsp3) is 0.0952. The molecule has 4 N–H and O–H groups in total. The molecule has 0 aliphatic rings. The number of sulfonamides is 1. The van der Waals surface area contributed by atoms with Crippen molar-refractivity contribution in [3.63, 3.8) is 0 Å². The van der Waals surface area contributed by atoms with E-state index in [1.165, 1.54) is 32.4 Å². The number of anilines is 3. The molecule has 0 fully saturated rings. The number of carbonyl (C=O) groups is 1. The van der Waals surface area contributed by atoms with E-state index in [0.29, 0.717) is 11.4 Å². The van der Waals surface area contributed by atoms with Crippen LogP contribution in [0.4, 0.5) is 22.7 Å². The summed E-state index contributed by atoms with van der Waals surface area (Å²) in [5, 5.41) is 26.4. The minimum absolute atomic E-state index is 0.0634. The Kier molecular flexibility index (Phi) is 6.68. The lowest BCUT2D eigenvalue weighted by molar-refractivity contribution is -0.384. The van der Waals surface area contributed by atoms with Crippen LogP contribution in [-0.2, 0) is 10.0 Å². The van der Waals surface area contributed by atoms with Gasteiger partial charge in [0.25, 0.3) is 21.6 Å². The Morgan fingerprint density at radius 1 is 1.03 bits per heavy atom. The Bertz CT molecular complexity index is 1330. The molecule has 12 heteroatoms. The number of non-ortho nitro benzene ring substituents is 1. The number of methoxy groups -OCH3 is 1. The van der Waals surface area contributed by atoms with Gasteiger partial charge in [0.05, 0.1) is 33.9 Å². The number of phenolic OH excluding ortho intramolecular Hbond substituents is 1. The van der Waals surface area contributed by atoms with Crippen LogP contribution in [0.3, 0.4) is 0 Å². The molecule has 0 spiro atoms. The van der Waals surface area contributed by atoms with Gasteiger partial charge in [-0.2, -0.15) is 0 Å². The van der Waals surface area contributed by atoms with E-state index in [1.807, 2.05) is 0 Å². The molecule has 1 amide bonds. The second kappa shape index (κ2) is 9.44. The van der Waals surface area contributed by atoms with Crippen LogP contribution in [0.1, 0.15) is 10.4 Å². The highest BCUT2D eigenvalue weighted by Crippen LogP contribution is 2.31. The first kappa shape index (κ1) is 23.3. The molecule has 3 rings (SSSR count). The van der Waals surface area contributed by atoms with Crippen molar-refractivity contribution in [1.29, 1.82) is 0 Å². The molecular weight excluding hydrogens is 452 g/mol. The molecular formula is C21H20N4O7S. The van der Waals surface area contributed by atoms with E-state index in [2.05, 4.69) is 15.4 Å². The van der Waals surface area contributed by atoms with E-state index >= 15 is 0 Å². The first-order valence-corrected chi connectivity index (χ1v) is 10.9. The van der Waals surface area contributed by atoms with E-state index in [1.54, 1.807) is 18.2 Å². The third-order valence-electron chi connectivity index (χ3n) is 4.61. The van der Waals surface area contributed by atoms with Gasteiger partial charge in [-0.25, -0.2) is 8.42 Å². The Balaban J connectivity index is 1.93. The fourth-order valence-corrected chi connectivity index (χ4v) is 4.05. The van der Waals surface area contributed by atoms with Gasteiger partial charge in [-0.1, -0.05) is 12.1 Å². The van der Waals surface area contributed by atoms with Crippen LogP contribution in [0.5, 0.6) is 11.5 Å². The molecule has 33 heavy (non-hydrogen) atoms. The number of phenols is 1. The maximum atomic E-state index is 12.9. The van der Waals surface area contributed by atoms with Gasteiger partial charge in [-0.15, -0.1) is 0 Å². The third kappa shape index (κ3) is 5.13. The van der Waals surface area contributed by atoms with E-state index in [0.717, 1.165) is 24.3 Å². The van der Waals surface area contributed by atoms with E-state index in [9.17, 15) is 28.4 Å². The summed E-state index contributed by atoms with van der Waals surface area (Å²) >= 11 is 0. The van der Waals surface area contributed by atoms with Crippen molar-refractivity contribution in [3.8, 4) is 11.5 Å². The molecule has 11 nitrogen and oxygen atoms in total. The highest BCUT2D eigenvalue weighted by atomic mass is 32.2. The number of nitrogens with one attached hydrogen (secondary N) is 3. The van der Waals surface area contributed by atoms with Crippen LogP contribution in [-0.4, -0.2) is 38.5 Å². The van der Waals surface area contributed by atoms with Gasteiger partial charge in [-0.05, 0) is 36.4 Å². The van der Waals surface area contributed by atoms with Crippen LogP contribution in [0, 0.1) is 10.1 Å². The van der Waals surface area contributed by atoms with Crippen molar-refractivity contribution in [1.82, 2.24) is 0 Å². The van der Waals surface area contributed by atoms with Gasteiger partial charge < -0.3 is 20.5 Å². The normalized spacial score (nSPS) is 10.8. The number of carbonyl (C=O) groups excluding carboxylic acids is 1. The number of nitro benzene ring substituents is 1. The summed E-state index contributed by atoms with van der Waals surface area (Å²) in [6.07, 6.45) is 0. The molecule has 0 saturated carbocycles. The summed E-state index contributed by atoms with van der Waals surface area (Å²) in [5.74, 6) is -0.875. The fourth-order valence-electron chi connectivity index (χ4n) is 2.96. The summed E-state index contributed by atoms with van der Waals surface area (Å²) in [5.41, 5.74) is -0.0585. The van der Waals surface area contributed by atoms with Crippen LogP contribution in [0.2, 0.25) is 0 Å². The molecule has 0 aliphatic carbocycles. The lowest BCUT2D eigenvalue weighted by Gasteiger charge is -2.14. The van der Waals surface area contributed by atoms with Gasteiger partial charge in [0.15, 0.2) is 0 Å². The van der Waals surface area contributed by atoms with Gasteiger partial charge >= 0.3 is 0 Å². The van der Waals surface area contributed by atoms with Crippen LogP contribution < -0.4 is 20.1 Å². The predicted octanol–water partition coefficient (Wildman–Crippen LogP) is 3.40.